The van der Waals surface area contributed by atoms with Gasteiger partial charge in [0.15, 0.2) is 0 Å². The molecule has 2 aromatic rings. The van der Waals surface area contributed by atoms with Crippen LogP contribution in [0.1, 0.15) is 27.8 Å². The van der Waals surface area contributed by atoms with E-state index in [1.165, 1.54) is 6.21 Å². The van der Waals surface area contributed by atoms with Crippen LogP contribution in [-0.2, 0) is 10.0 Å². The van der Waals surface area contributed by atoms with Crippen molar-refractivity contribution >= 4 is 16.2 Å². The molecule has 2 aromatic carbocycles. The first-order valence-electron chi connectivity index (χ1n) is 6.99. The maximum absolute atomic E-state index is 12.4. The predicted octanol–water partition coefficient (Wildman–Crippen LogP) is 3.23. The molecular weight excluding hydrogens is 296 g/mol. The Bertz CT molecular complexity index is 801. The van der Waals surface area contributed by atoms with Crippen LogP contribution in [0.15, 0.2) is 46.4 Å². The van der Waals surface area contributed by atoms with Crippen molar-refractivity contribution in [2.24, 2.45) is 5.10 Å². The Balaban J connectivity index is 2.28. The highest BCUT2D eigenvalue weighted by Gasteiger charge is 2.18. The van der Waals surface area contributed by atoms with Crippen molar-refractivity contribution in [3.8, 4) is 0 Å². The van der Waals surface area contributed by atoms with Crippen LogP contribution in [0, 0.1) is 27.7 Å². The molecule has 5 heteroatoms. The highest BCUT2D eigenvalue weighted by atomic mass is 32.2. The molecule has 0 unspecified atom stereocenters. The summed E-state index contributed by atoms with van der Waals surface area (Å²) >= 11 is 0. The van der Waals surface area contributed by atoms with Crippen LogP contribution < -0.4 is 4.83 Å². The average Bonchev–Trinajstić information content (AvgIpc) is 2.39. The van der Waals surface area contributed by atoms with Crippen LogP contribution >= 0.6 is 0 Å². The van der Waals surface area contributed by atoms with Gasteiger partial charge in [0.2, 0.25) is 0 Å². The summed E-state index contributed by atoms with van der Waals surface area (Å²) in [6, 6.07) is 11.4. The topological polar surface area (TPSA) is 58.5 Å². The third-order valence-corrected chi connectivity index (χ3v) is 4.97. The van der Waals surface area contributed by atoms with E-state index in [9.17, 15) is 8.42 Å². The molecule has 2 rings (SSSR count). The van der Waals surface area contributed by atoms with Gasteiger partial charge >= 0.3 is 0 Å². The standard InChI is InChI=1S/C17H20N2O2S/c1-12-9-14(3)17(15(4)10-12)22(20,21)19-18-11-16-8-6-5-7-13(16)2/h5-11,19H,1-4H3/b18-11+. The van der Waals surface area contributed by atoms with Crippen molar-refractivity contribution < 1.29 is 8.42 Å². The number of hydrazone groups is 1. The van der Waals surface area contributed by atoms with Crippen molar-refractivity contribution in [3.63, 3.8) is 0 Å². The summed E-state index contributed by atoms with van der Waals surface area (Å²) in [5, 5.41) is 3.89. The van der Waals surface area contributed by atoms with E-state index in [-0.39, 0.29) is 0 Å². The lowest BCUT2D eigenvalue weighted by Crippen LogP contribution is -2.20. The summed E-state index contributed by atoms with van der Waals surface area (Å²) in [5.41, 5.74) is 4.39. The minimum Gasteiger partial charge on any atom is -0.200 e. The van der Waals surface area contributed by atoms with Gasteiger partial charge in [-0.2, -0.15) is 13.5 Å². The summed E-state index contributed by atoms with van der Waals surface area (Å²) in [6.07, 6.45) is 1.52. The second-order valence-corrected chi connectivity index (χ2v) is 7.04. The molecule has 0 saturated heterocycles. The van der Waals surface area contributed by atoms with Crippen LogP contribution in [0.2, 0.25) is 0 Å². The summed E-state index contributed by atoms with van der Waals surface area (Å²) in [7, 11) is -3.67. The van der Waals surface area contributed by atoms with Gasteiger partial charge in [-0.05, 0) is 49.9 Å². The SMILES string of the molecule is Cc1cc(C)c(S(=O)(=O)N/N=C/c2ccccc2C)c(C)c1. The minimum atomic E-state index is -3.67. The molecule has 0 aliphatic rings. The molecule has 0 bridgehead atoms. The fourth-order valence-corrected chi connectivity index (χ4v) is 3.78. The van der Waals surface area contributed by atoms with E-state index in [2.05, 4.69) is 9.93 Å². The molecule has 0 radical (unpaired) electrons. The van der Waals surface area contributed by atoms with E-state index in [0.717, 1.165) is 27.8 Å². The molecule has 0 fully saturated rings. The molecule has 0 aliphatic carbocycles. The Morgan fingerprint density at radius 1 is 0.955 bits per heavy atom. The lowest BCUT2D eigenvalue weighted by molar-refractivity contribution is 0.583. The van der Waals surface area contributed by atoms with E-state index >= 15 is 0 Å². The first-order valence-corrected chi connectivity index (χ1v) is 8.48. The summed E-state index contributed by atoms with van der Waals surface area (Å²) in [6.45, 7) is 7.48. The number of nitrogens with zero attached hydrogens (tertiary/aromatic N) is 1. The van der Waals surface area contributed by atoms with Crippen LogP contribution in [0.4, 0.5) is 0 Å². The Labute approximate surface area is 131 Å². The predicted molar refractivity (Wildman–Crippen MR) is 89.7 cm³/mol. The van der Waals surface area contributed by atoms with E-state index in [4.69, 9.17) is 0 Å². The first kappa shape index (κ1) is 16.2. The zero-order valence-electron chi connectivity index (χ0n) is 13.2. The molecule has 1 N–H and O–H groups in total. The lowest BCUT2D eigenvalue weighted by atomic mass is 10.1. The quantitative estimate of drug-likeness (QED) is 0.695. The molecule has 0 saturated carbocycles. The zero-order valence-corrected chi connectivity index (χ0v) is 14.0. The number of sulfonamides is 1. The molecule has 0 amide bonds. The van der Waals surface area contributed by atoms with Crippen molar-refractivity contribution in [2.75, 3.05) is 0 Å². The van der Waals surface area contributed by atoms with Crippen molar-refractivity contribution in [2.45, 2.75) is 32.6 Å². The molecule has 0 spiro atoms. The molecular formula is C17H20N2O2S. The Morgan fingerprint density at radius 2 is 1.55 bits per heavy atom. The normalized spacial score (nSPS) is 11.8. The first-order chi connectivity index (χ1) is 10.3. The third-order valence-electron chi connectivity index (χ3n) is 3.44. The Kier molecular flexibility index (Phi) is 4.66. The van der Waals surface area contributed by atoms with Gasteiger partial charge in [-0.15, -0.1) is 0 Å². The fraction of sp³-hybridized carbons (Fsp3) is 0.235. The summed E-state index contributed by atoms with van der Waals surface area (Å²) in [5.74, 6) is 0. The van der Waals surface area contributed by atoms with Gasteiger partial charge in [-0.3, -0.25) is 0 Å². The smallest absolute Gasteiger partial charge is 0.200 e. The second-order valence-electron chi connectivity index (χ2n) is 5.44. The summed E-state index contributed by atoms with van der Waals surface area (Å²) < 4.78 is 24.9. The zero-order chi connectivity index (χ0) is 16.3. The van der Waals surface area contributed by atoms with Gasteiger partial charge in [-0.25, -0.2) is 4.83 Å². The van der Waals surface area contributed by atoms with Crippen molar-refractivity contribution in [1.29, 1.82) is 0 Å². The average molecular weight is 316 g/mol. The second kappa shape index (κ2) is 6.32. The number of rotatable bonds is 4. The molecule has 22 heavy (non-hydrogen) atoms. The number of hydrogen-bond donors (Lipinski definition) is 1. The van der Waals surface area contributed by atoms with Crippen LogP contribution in [0.5, 0.6) is 0 Å². The minimum absolute atomic E-state index is 0.292. The van der Waals surface area contributed by atoms with Gasteiger partial charge < -0.3 is 0 Å². The van der Waals surface area contributed by atoms with E-state index in [0.29, 0.717) is 4.90 Å². The van der Waals surface area contributed by atoms with Crippen LogP contribution in [0.25, 0.3) is 0 Å². The lowest BCUT2D eigenvalue weighted by Gasteiger charge is -2.11. The number of nitrogens with one attached hydrogen (secondary N) is 1. The van der Waals surface area contributed by atoms with Crippen LogP contribution in [-0.4, -0.2) is 14.6 Å². The van der Waals surface area contributed by atoms with Crippen molar-refractivity contribution in [1.82, 2.24) is 4.83 Å². The Morgan fingerprint density at radius 3 is 2.14 bits per heavy atom. The number of aryl methyl sites for hydroxylation is 4. The van der Waals surface area contributed by atoms with Gasteiger partial charge in [0, 0.05) is 0 Å². The molecule has 0 heterocycles. The largest absolute Gasteiger partial charge is 0.277 e. The van der Waals surface area contributed by atoms with Crippen LogP contribution in [0.3, 0.4) is 0 Å². The van der Waals surface area contributed by atoms with E-state index in [1.54, 1.807) is 13.8 Å². The van der Waals surface area contributed by atoms with Gasteiger partial charge in [0.05, 0.1) is 11.1 Å². The van der Waals surface area contributed by atoms with Crippen molar-refractivity contribution in [3.05, 3.63) is 64.2 Å². The molecule has 0 atom stereocenters. The number of hydrogen-bond acceptors (Lipinski definition) is 3. The fourth-order valence-electron chi connectivity index (χ4n) is 2.53. The van der Waals surface area contributed by atoms with Gasteiger partial charge in [0.25, 0.3) is 10.0 Å². The maximum atomic E-state index is 12.4. The van der Waals surface area contributed by atoms with E-state index < -0.39 is 10.0 Å². The molecule has 116 valence electrons. The van der Waals surface area contributed by atoms with Gasteiger partial charge in [0.1, 0.15) is 0 Å². The molecule has 4 nitrogen and oxygen atoms in total. The summed E-state index contributed by atoms with van der Waals surface area (Å²) in [4.78, 5) is 2.59. The van der Waals surface area contributed by atoms with Gasteiger partial charge in [-0.1, -0.05) is 42.0 Å². The highest BCUT2D eigenvalue weighted by molar-refractivity contribution is 7.89. The Hall–Kier alpha value is -2.14. The third kappa shape index (κ3) is 3.54. The highest BCUT2D eigenvalue weighted by Crippen LogP contribution is 2.21. The molecule has 0 aliphatic heterocycles. The number of benzene rings is 2. The maximum Gasteiger partial charge on any atom is 0.277 e. The molecule has 0 aromatic heterocycles. The monoisotopic (exact) mass is 316 g/mol. The van der Waals surface area contributed by atoms with E-state index in [1.807, 2.05) is 50.2 Å².